The molecule has 0 bridgehead atoms. The molecule has 30 heavy (non-hydrogen) atoms. The Kier molecular flexibility index (Phi) is 5.93. The van der Waals surface area contributed by atoms with E-state index in [1.165, 1.54) is 10.5 Å². The van der Waals surface area contributed by atoms with E-state index in [2.05, 4.69) is 13.8 Å². The Morgan fingerprint density at radius 2 is 1.57 bits per heavy atom. The van der Waals surface area contributed by atoms with Crippen molar-refractivity contribution < 1.29 is 14.3 Å². The number of hydrogen-bond acceptors (Lipinski definition) is 3. The maximum atomic E-state index is 13.0. The van der Waals surface area contributed by atoms with Gasteiger partial charge in [0.15, 0.2) is 0 Å². The van der Waals surface area contributed by atoms with E-state index in [0.29, 0.717) is 5.92 Å². The number of anilines is 1. The number of hydrogen-bond donors (Lipinski definition) is 0. The smallest absolute Gasteiger partial charge is 0.332 e. The van der Waals surface area contributed by atoms with Gasteiger partial charge >= 0.3 is 6.03 Å². The molecule has 3 rings (SSSR count). The Morgan fingerprint density at radius 3 is 2.07 bits per heavy atom. The number of ether oxygens (including phenoxy) is 1. The molecule has 0 unspecified atom stereocenters. The van der Waals surface area contributed by atoms with Crippen LogP contribution in [0.15, 0.2) is 36.4 Å². The van der Waals surface area contributed by atoms with Gasteiger partial charge in [-0.15, -0.1) is 0 Å². The minimum Gasteiger partial charge on any atom is -0.488 e. The second-order valence-corrected chi connectivity index (χ2v) is 9.37. The number of rotatable bonds is 5. The quantitative estimate of drug-likeness (QED) is 0.608. The lowest BCUT2D eigenvalue weighted by molar-refractivity contribution is -0.125. The van der Waals surface area contributed by atoms with Gasteiger partial charge in [0.2, 0.25) is 0 Å². The third kappa shape index (κ3) is 4.66. The molecule has 0 aliphatic carbocycles. The van der Waals surface area contributed by atoms with Gasteiger partial charge in [-0.3, -0.25) is 14.6 Å². The van der Waals surface area contributed by atoms with Crippen molar-refractivity contribution in [2.45, 2.75) is 66.5 Å². The second kappa shape index (κ2) is 8.13. The molecule has 0 radical (unpaired) electrons. The van der Waals surface area contributed by atoms with Gasteiger partial charge in [0.05, 0.1) is 6.54 Å². The fourth-order valence-corrected chi connectivity index (χ4v) is 3.72. The van der Waals surface area contributed by atoms with Crippen molar-refractivity contribution >= 4 is 17.6 Å². The zero-order valence-corrected chi connectivity index (χ0v) is 19.1. The van der Waals surface area contributed by atoms with Crippen LogP contribution in [0.1, 0.15) is 62.8 Å². The monoisotopic (exact) mass is 408 g/mol. The molecule has 0 atom stereocenters. The average molecular weight is 409 g/mol. The summed E-state index contributed by atoms with van der Waals surface area (Å²) in [6.45, 7) is 14.6. The molecular weight excluding hydrogens is 376 g/mol. The Bertz CT molecular complexity index is 932. The van der Waals surface area contributed by atoms with Crippen LogP contribution in [0.4, 0.5) is 10.5 Å². The minimum atomic E-state index is -0.288. The number of aryl methyl sites for hydroxylation is 2. The van der Waals surface area contributed by atoms with Gasteiger partial charge < -0.3 is 4.74 Å². The molecule has 0 saturated carbocycles. The number of carbonyl (C=O) groups excluding carboxylic acids is 2. The SMILES string of the molecule is Cc1cc(CN2C(=O)CN(c3ccc(C(C)C)cc3)C2=O)cc(C)c1OC(C)(C)C. The number of imide groups is 1. The van der Waals surface area contributed by atoms with E-state index >= 15 is 0 Å². The first-order valence-electron chi connectivity index (χ1n) is 10.5. The van der Waals surface area contributed by atoms with Gasteiger partial charge in [0.1, 0.15) is 17.9 Å². The largest absolute Gasteiger partial charge is 0.488 e. The lowest BCUT2D eigenvalue weighted by Crippen LogP contribution is -2.32. The van der Waals surface area contributed by atoms with Crippen molar-refractivity contribution in [1.29, 1.82) is 0 Å². The first kappa shape index (κ1) is 21.9. The molecule has 3 amide bonds. The van der Waals surface area contributed by atoms with E-state index in [-0.39, 0.29) is 30.6 Å². The number of carbonyl (C=O) groups is 2. The van der Waals surface area contributed by atoms with Crippen LogP contribution < -0.4 is 9.64 Å². The van der Waals surface area contributed by atoms with Crippen LogP contribution in [0.3, 0.4) is 0 Å². The summed E-state index contributed by atoms with van der Waals surface area (Å²) in [4.78, 5) is 28.5. The normalized spacial score (nSPS) is 14.8. The van der Waals surface area contributed by atoms with E-state index in [9.17, 15) is 9.59 Å². The summed E-state index contributed by atoms with van der Waals surface area (Å²) in [6.07, 6.45) is 0. The average Bonchev–Trinajstić information content (AvgIpc) is 2.92. The zero-order valence-electron chi connectivity index (χ0n) is 19.1. The van der Waals surface area contributed by atoms with Gasteiger partial charge in [0.25, 0.3) is 5.91 Å². The van der Waals surface area contributed by atoms with Crippen LogP contribution in [0.2, 0.25) is 0 Å². The van der Waals surface area contributed by atoms with Crippen molar-refractivity contribution in [2.24, 2.45) is 0 Å². The highest BCUT2D eigenvalue weighted by Gasteiger charge is 2.37. The second-order valence-electron chi connectivity index (χ2n) is 9.37. The van der Waals surface area contributed by atoms with Crippen LogP contribution in [-0.2, 0) is 11.3 Å². The van der Waals surface area contributed by atoms with Crippen molar-refractivity contribution in [2.75, 3.05) is 11.4 Å². The van der Waals surface area contributed by atoms with Crippen LogP contribution in [-0.4, -0.2) is 29.0 Å². The summed E-state index contributed by atoms with van der Waals surface area (Å²) in [6, 6.07) is 11.6. The molecule has 0 spiro atoms. The highest BCUT2D eigenvalue weighted by molar-refractivity contribution is 6.12. The van der Waals surface area contributed by atoms with Crippen LogP contribution in [0.25, 0.3) is 0 Å². The fourth-order valence-electron chi connectivity index (χ4n) is 3.72. The zero-order chi connectivity index (χ0) is 22.2. The number of benzene rings is 2. The third-order valence-electron chi connectivity index (χ3n) is 5.20. The first-order chi connectivity index (χ1) is 14.0. The predicted molar refractivity (Wildman–Crippen MR) is 120 cm³/mol. The molecule has 1 fully saturated rings. The standard InChI is InChI=1S/C25H32N2O3/c1-16(2)20-8-10-21(11-9-20)26-15-22(28)27(24(26)29)14-19-12-17(3)23(18(4)13-19)30-25(5,6)7/h8-13,16H,14-15H2,1-7H3. The number of nitrogens with zero attached hydrogens (tertiary/aromatic N) is 2. The van der Waals surface area contributed by atoms with Gasteiger partial charge in [-0.05, 0) is 74.9 Å². The molecule has 5 heteroatoms. The predicted octanol–water partition coefficient (Wildman–Crippen LogP) is 5.57. The van der Waals surface area contributed by atoms with Gasteiger partial charge in [-0.25, -0.2) is 4.79 Å². The van der Waals surface area contributed by atoms with E-state index in [4.69, 9.17) is 4.74 Å². The summed E-state index contributed by atoms with van der Waals surface area (Å²) in [5, 5.41) is 0. The summed E-state index contributed by atoms with van der Waals surface area (Å²) in [5.41, 5.74) is 4.59. The van der Waals surface area contributed by atoms with Crippen LogP contribution >= 0.6 is 0 Å². The van der Waals surface area contributed by atoms with Crippen LogP contribution in [0, 0.1) is 13.8 Å². The fraction of sp³-hybridized carbons (Fsp3) is 0.440. The maximum Gasteiger partial charge on any atom is 0.332 e. The molecule has 2 aromatic rings. The molecular formula is C25H32N2O3. The molecule has 0 aromatic heterocycles. The van der Waals surface area contributed by atoms with E-state index in [1.807, 2.05) is 71.0 Å². The summed E-state index contributed by atoms with van der Waals surface area (Å²) in [7, 11) is 0. The van der Waals surface area contributed by atoms with E-state index in [1.54, 1.807) is 4.90 Å². The van der Waals surface area contributed by atoms with E-state index in [0.717, 1.165) is 28.1 Å². The van der Waals surface area contributed by atoms with Crippen molar-refractivity contribution in [1.82, 2.24) is 4.90 Å². The van der Waals surface area contributed by atoms with E-state index < -0.39 is 0 Å². The lowest BCUT2D eigenvalue weighted by Gasteiger charge is -2.25. The Hall–Kier alpha value is -2.82. The molecule has 1 heterocycles. The maximum absolute atomic E-state index is 13.0. The van der Waals surface area contributed by atoms with Gasteiger partial charge in [-0.2, -0.15) is 0 Å². The van der Waals surface area contributed by atoms with Crippen LogP contribution in [0.5, 0.6) is 5.75 Å². The Labute approximate surface area is 179 Å². The Balaban J connectivity index is 1.79. The molecule has 1 aliphatic rings. The summed E-state index contributed by atoms with van der Waals surface area (Å²) < 4.78 is 6.08. The molecule has 160 valence electrons. The van der Waals surface area contributed by atoms with Crippen molar-refractivity contribution in [3.05, 3.63) is 58.7 Å². The molecule has 1 aliphatic heterocycles. The Morgan fingerprint density at radius 1 is 1.00 bits per heavy atom. The minimum absolute atomic E-state index is 0.0725. The molecule has 5 nitrogen and oxygen atoms in total. The van der Waals surface area contributed by atoms with Crippen molar-refractivity contribution in [3.8, 4) is 5.75 Å². The highest BCUT2D eigenvalue weighted by atomic mass is 16.5. The van der Waals surface area contributed by atoms with Crippen molar-refractivity contribution in [3.63, 3.8) is 0 Å². The topological polar surface area (TPSA) is 49.9 Å². The third-order valence-corrected chi connectivity index (χ3v) is 5.20. The summed E-state index contributed by atoms with van der Waals surface area (Å²) in [5.74, 6) is 1.10. The number of amides is 3. The lowest BCUT2D eigenvalue weighted by atomic mass is 10.0. The first-order valence-corrected chi connectivity index (χ1v) is 10.5. The van der Waals surface area contributed by atoms with Gasteiger partial charge in [0, 0.05) is 5.69 Å². The molecule has 1 saturated heterocycles. The highest BCUT2D eigenvalue weighted by Crippen LogP contribution is 2.30. The number of urea groups is 1. The molecule has 2 aromatic carbocycles. The molecule has 0 N–H and O–H groups in total. The van der Waals surface area contributed by atoms with Gasteiger partial charge in [-0.1, -0.05) is 38.1 Å². The summed E-state index contributed by atoms with van der Waals surface area (Å²) >= 11 is 0.